The Kier molecular flexibility index (Phi) is 44.0. The molecule has 0 aliphatic carbocycles. The van der Waals surface area contributed by atoms with E-state index in [0.717, 1.165) is 13.2 Å². The Balaban J connectivity index is -0.000000460. The van der Waals surface area contributed by atoms with E-state index in [1.807, 2.05) is 0 Å². The minimum atomic E-state index is -4.64. The van der Waals surface area contributed by atoms with Crippen molar-refractivity contribution in [3.63, 3.8) is 0 Å². The van der Waals surface area contributed by atoms with Gasteiger partial charge < -0.3 is 24.9 Å². The molecule has 0 bridgehead atoms. The SMILES string of the molecule is C=C.CCCCCCCCCCCCOCCCCCCCCCCCC.O.O=P(O)(O)O. The van der Waals surface area contributed by atoms with Crippen LogP contribution in [-0.2, 0) is 9.30 Å². The van der Waals surface area contributed by atoms with Crippen LogP contribution in [0.1, 0.15) is 142 Å². The van der Waals surface area contributed by atoms with Gasteiger partial charge >= 0.3 is 7.82 Å². The summed E-state index contributed by atoms with van der Waals surface area (Å²) >= 11 is 0. The third-order valence-electron chi connectivity index (χ3n) is 5.28. The van der Waals surface area contributed by atoms with E-state index in [-0.39, 0.29) is 5.48 Å². The molecule has 6 nitrogen and oxygen atoms in total. The number of unbranched alkanes of at least 4 members (excludes halogenated alkanes) is 18. The van der Waals surface area contributed by atoms with Crippen LogP contribution >= 0.6 is 7.82 Å². The largest absolute Gasteiger partial charge is 0.466 e. The molecule has 0 rings (SSSR count). The van der Waals surface area contributed by atoms with Crippen molar-refractivity contribution in [2.24, 2.45) is 0 Å². The van der Waals surface area contributed by atoms with Crippen molar-refractivity contribution in [1.82, 2.24) is 0 Å². The Morgan fingerprint density at radius 3 is 0.909 bits per heavy atom. The topological polar surface area (TPSA) is 118 Å². The van der Waals surface area contributed by atoms with Crippen LogP contribution in [0, 0.1) is 0 Å². The fraction of sp³-hybridized carbons (Fsp3) is 0.923. The van der Waals surface area contributed by atoms with Gasteiger partial charge in [0.05, 0.1) is 0 Å². The molecule has 204 valence electrons. The van der Waals surface area contributed by atoms with Gasteiger partial charge in [0.1, 0.15) is 0 Å². The summed E-state index contributed by atoms with van der Waals surface area (Å²) in [6.07, 6.45) is 28.2. The van der Waals surface area contributed by atoms with E-state index in [1.54, 1.807) is 0 Å². The quantitative estimate of drug-likeness (QED) is 0.0796. The van der Waals surface area contributed by atoms with E-state index in [2.05, 4.69) is 27.0 Å². The third kappa shape index (κ3) is 59.4. The van der Waals surface area contributed by atoms with E-state index in [1.165, 1.54) is 128 Å². The molecule has 33 heavy (non-hydrogen) atoms. The lowest BCUT2D eigenvalue weighted by Gasteiger charge is -2.05. The third-order valence-corrected chi connectivity index (χ3v) is 5.28. The van der Waals surface area contributed by atoms with E-state index >= 15 is 0 Å². The number of phosphoric acid groups is 1. The van der Waals surface area contributed by atoms with Crippen LogP contribution < -0.4 is 0 Å². The lowest BCUT2D eigenvalue weighted by molar-refractivity contribution is 0.125. The molecule has 0 atom stereocenters. The maximum atomic E-state index is 8.88. The Morgan fingerprint density at radius 2 is 0.697 bits per heavy atom. The molecular formula is C26H59O6P. The van der Waals surface area contributed by atoms with Gasteiger partial charge in [0.25, 0.3) is 0 Å². The molecule has 0 aromatic rings. The summed E-state index contributed by atoms with van der Waals surface area (Å²) in [6.45, 7) is 12.6. The number of rotatable bonds is 22. The molecule has 0 aliphatic rings. The van der Waals surface area contributed by atoms with Crippen molar-refractivity contribution in [3.8, 4) is 0 Å². The normalized spacial score (nSPS) is 10.5. The van der Waals surface area contributed by atoms with E-state index in [9.17, 15) is 0 Å². The Morgan fingerprint density at radius 1 is 0.515 bits per heavy atom. The predicted octanol–water partition coefficient (Wildman–Crippen LogP) is 7.89. The smallest absolute Gasteiger partial charge is 0.412 e. The minimum absolute atomic E-state index is 0. The highest BCUT2D eigenvalue weighted by Crippen LogP contribution is 2.25. The lowest BCUT2D eigenvalue weighted by Crippen LogP contribution is -1.97. The van der Waals surface area contributed by atoms with E-state index < -0.39 is 7.82 Å². The minimum Gasteiger partial charge on any atom is -0.412 e. The van der Waals surface area contributed by atoms with Crippen LogP contribution in [-0.4, -0.2) is 33.4 Å². The maximum Gasteiger partial charge on any atom is 0.466 e. The first-order chi connectivity index (χ1) is 15.4. The summed E-state index contributed by atoms with van der Waals surface area (Å²) in [5.41, 5.74) is 0. The molecular weight excluding hydrogens is 439 g/mol. The zero-order chi connectivity index (χ0) is 24.8. The fourth-order valence-corrected chi connectivity index (χ4v) is 3.49. The molecule has 0 heterocycles. The highest BCUT2D eigenvalue weighted by Gasteiger charge is 2.00. The van der Waals surface area contributed by atoms with Crippen molar-refractivity contribution in [2.75, 3.05) is 13.2 Å². The second-order valence-electron chi connectivity index (χ2n) is 8.49. The zero-order valence-corrected chi connectivity index (χ0v) is 23.0. The molecule has 0 fully saturated rings. The molecule has 0 aromatic heterocycles. The Bertz CT molecular complexity index is 332. The van der Waals surface area contributed by atoms with E-state index in [4.69, 9.17) is 24.0 Å². The molecule has 7 heteroatoms. The molecule has 0 saturated heterocycles. The second kappa shape index (κ2) is 36.3. The summed E-state index contributed by atoms with van der Waals surface area (Å²) in [6, 6.07) is 0. The van der Waals surface area contributed by atoms with Gasteiger partial charge in [0.15, 0.2) is 0 Å². The summed E-state index contributed by atoms with van der Waals surface area (Å²) in [4.78, 5) is 21.6. The lowest BCUT2D eigenvalue weighted by atomic mass is 10.1. The molecule has 0 saturated carbocycles. The fourth-order valence-electron chi connectivity index (χ4n) is 3.49. The first-order valence-electron chi connectivity index (χ1n) is 13.3. The summed E-state index contributed by atoms with van der Waals surface area (Å²) in [5, 5.41) is 0. The molecule has 0 aliphatic heterocycles. The summed E-state index contributed by atoms with van der Waals surface area (Å²) in [5.74, 6) is 0. The van der Waals surface area contributed by atoms with Gasteiger partial charge in [-0.1, -0.05) is 129 Å². The van der Waals surface area contributed by atoms with Crippen LogP contribution in [0.2, 0.25) is 0 Å². The van der Waals surface area contributed by atoms with Crippen LogP contribution in [0.3, 0.4) is 0 Å². The van der Waals surface area contributed by atoms with Crippen LogP contribution in [0.15, 0.2) is 13.2 Å². The van der Waals surface area contributed by atoms with Gasteiger partial charge in [0, 0.05) is 13.2 Å². The Labute approximate surface area is 206 Å². The number of hydrogen-bond acceptors (Lipinski definition) is 2. The maximum absolute atomic E-state index is 8.88. The Hall–Kier alpha value is -0.230. The average Bonchev–Trinajstić information content (AvgIpc) is 2.75. The van der Waals surface area contributed by atoms with Crippen molar-refractivity contribution in [2.45, 2.75) is 142 Å². The summed E-state index contributed by atoms with van der Waals surface area (Å²) < 4.78 is 14.7. The molecule has 0 radical (unpaired) electrons. The van der Waals surface area contributed by atoms with Crippen molar-refractivity contribution >= 4 is 7.82 Å². The first kappa shape index (κ1) is 40.0. The highest BCUT2D eigenvalue weighted by atomic mass is 31.2. The standard InChI is InChI=1S/C24H50O.C2H4.H3O4P.H2O/c1-3-5-7-9-11-13-15-17-19-21-23-25-24-22-20-18-16-14-12-10-8-6-4-2;1-2;1-5(2,3)4;/h3-24H2,1-2H3;1-2H2;(H3,1,2,3,4);1H2. The van der Waals surface area contributed by atoms with Crippen LogP contribution in [0.5, 0.6) is 0 Å². The van der Waals surface area contributed by atoms with Crippen LogP contribution in [0.4, 0.5) is 0 Å². The highest BCUT2D eigenvalue weighted by molar-refractivity contribution is 7.45. The van der Waals surface area contributed by atoms with Gasteiger partial charge in [-0.15, -0.1) is 13.2 Å². The van der Waals surface area contributed by atoms with Crippen molar-refractivity contribution < 1.29 is 29.5 Å². The molecule has 5 N–H and O–H groups in total. The molecule has 0 spiro atoms. The number of hydrogen-bond donors (Lipinski definition) is 3. The van der Waals surface area contributed by atoms with Crippen LogP contribution in [0.25, 0.3) is 0 Å². The van der Waals surface area contributed by atoms with Crippen molar-refractivity contribution in [3.05, 3.63) is 13.2 Å². The van der Waals surface area contributed by atoms with Gasteiger partial charge in [-0.05, 0) is 12.8 Å². The van der Waals surface area contributed by atoms with E-state index in [0.29, 0.717) is 0 Å². The average molecular weight is 499 g/mol. The van der Waals surface area contributed by atoms with Gasteiger partial charge in [0.2, 0.25) is 0 Å². The monoisotopic (exact) mass is 498 g/mol. The zero-order valence-electron chi connectivity index (χ0n) is 22.1. The first-order valence-corrected chi connectivity index (χ1v) is 14.8. The second-order valence-corrected chi connectivity index (χ2v) is 9.52. The predicted molar refractivity (Wildman–Crippen MR) is 144 cm³/mol. The molecule has 0 unspecified atom stereocenters. The number of ether oxygens (including phenoxy) is 1. The van der Waals surface area contributed by atoms with Gasteiger partial charge in [-0.25, -0.2) is 4.57 Å². The van der Waals surface area contributed by atoms with Gasteiger partial charge in [-0.3, -0.25) is 0 Å². The molecule has 0 amide bonds. The van der Waals surface area contributed by atoms with Gasteiger partial charge in [-0.2, -0.15) is 0 Å². The van der Waals surface area contributed by atoms with Crippen molar-refractivity contribution in [1.29, 1.82) is 0 Å². The summed E-state index contributed by atoms with van der Waals surface area (Å²) in [7, 11) is -4.64. The molecule has 0 aromatic carbocycles.